The predicted molar refractivity (Wildman–Crippen MR) is 49.6 cm³/mol. The fourth-order valence-electron chi connectivity index (χ4n) is 1.50. The van der Waals surface area contributed by atoms with E-state index in [1.807, 2.05) is 12.3 Å². The van der Waals surface area contributed by atoms with Crippen LogP contribution >= 0.6 is 0 Å². The summed E-state index contributed by atoms with van der Waals surface area (Å²) >= 11 is 0. The van der Waals surface area contributed by atoms with Crippen LogP contribution < -0.4 is 0 Å². The van der Waals surface area contributed by atoms with Gasteiger partial charge in [0.05, 0.1) is 11.4 Å². The molecule has 12 heavy (non-hydrogen) atoms. The maximum atomic E-state index is 4.31. The minimum Gasteiger partial charge on any atom is -0.373 e. The van der Waals surface area contributed by atoms with Crippen molar-refractivity contribution >= 4 is 5.70 Å². The first-order valence-electron chi connectivity index (χ1n) is 4.13. The number of aromatic nitrogens is 1. The summed E-state index contributed by atoms with van der Waals surface area (Å²) in [4.78, 5) is 6.46. The van der Waals surface area contributed by atoms with Gasteiger partial charge in [-0.1, -0.05) is 12.6 Å². The van der Waals surface area contributed by atoms with Gasteiger partial charge in [0.1, 0.15) is 0 Å². The molecule has 0 amide bonds. The van der Waals surface area contributed by atoms with Crippen molar-refractivity contribution in [3.8, 4) is 0 Å². The largest absolute Gasteiger partial charge is 0.373 e. The summed E-state index contributed by atoms with van der Waals surface area (Å²) in [6.45, 7) is 5.05. The first-order valence-corrected chi connectivity index (χ1v) is 4.13. The molecule has 2 heterocycles. The molecule has 62 valence electrons. The minimum absolute atomic E-state index is 1.04. The average molecular weight is 160 g/mol. The maximum Gasteiger partial charge on any atom is 0.0889 e. The highest BCUT2D eigenvalue weighted by Gasteiger charge is 2.16. The van der Waals surface area contributed by atoms with Crippen LogP contribution in [0.15, 0.2) is 24.9 Å². The van der Waals surface area contributed by atoms with Gasteiger partial charge in [-0.05, 0) is 18.1 Å². The van der Waals surface area contributed by atoms with Gasteiger partial charge in [0.25, 0.3) is 0 Å². The van der Waals surface area contributed by atoms with E-state index < -0.39 is 0 Å². The molecule has 0 bridgehead atoms. The Morgan fingerprint density at radius 3 is 3.25 bits per heavy atom. The summed E-state index contributed by atoms with van der Waals surface area (Å²) in [6, 6.07) is 4.11. The maximum absolute atomic E-state index is 4.31. The Bertz CT molecular complexity index is 317. The molecule has 0 saturated carbocycles. The van der Waals surface area contributed by atoms with Crippen molar-refractivity contribution in [1.82, 2.24) is 9.88 Å². The van der Waals surface area contributed by atoms with Gasteiger partial charge in [0.2, 0.25) is 0 Å². The van der Waals surface area contributed by atoms with Crippen molar-refractivity contribution in [2.75, 3.05) is 13.6 Å². The molecule has 1 aromatic rings. The summed E-state index contributed by atoms with van der Waals surface area (Å²) in [5, 5.41) is 0. The number of pyridine rings is 1. The van der Waals surface area contributed by atoms with Crippen LogP contribution in [0.1, 0.15) is 11.3 Å². The smallest absolute Gasteiger partial charge is 0.0889 e. The molecule has 1 aliphatic rings. The monoisotopic (exact) mass is 160 g/mol. The lowest BCUT2D eigenvalue weighted by atomic mass is 10.0. The van der Waals surface area contributed by atoms with E-state index in [1.54, 1.807) is 0 Å². The number of likely N-dealkylation sites (N-methyl/N-ethyl adjacent to an activating group) is 1. The SMILES string of the molecule is C=C1c2ncccc2CCN1C. The first kappa shape index (κ1) is 7.35. The Labute approximate surface area is 72.5 Å². The van der Waals surface area contributed by atoms with Crippen LogP contribution in [0.3, 0.4) is 0 Å². The van der Waals surface area contributed by atoms with Crippen LogP contribution in [0.2, 0.25) is 0 Å². The summed E-state index contributed by atoms with van der Waals surface area (Å²) in [6.07, 6.45) is 2.90. The lowest BCUT2D eigenvalue weighted by Crippen LogP contribution is -2.25. The molecular weight excluding hydrogens is 148 g/mol. The molecule has 0 aromatic carbocycles. The molecule has 2 nitrogen and oxygen atoms in total. The second kappa shape index (κ2) is 2.63. The van der Waals surface area contributed by atoms with Crippen LogP contribution in [0.25, 0.3) is 5.70 Å². The number of hydrogen-bond acceptors (Lipinski definition) is 2. The fraction of sp³-hybridized carbons (Fsp3) is 0.300. The number of rotatable bonds is 0. The van der Waals surface area contributed by atoms with E-state index in [4.69, 9.17) is 0 Å². The van der Waals surface area contributed by atoms with Gasteiger partial charge in [0, 0.05) is 19.8 Å². The zero-order valence-corrected chi connectivity index (χ0v) is 7.25. The Hall–Kier alpha value is -1.31. The highest BCUT2D eigenvalue weighted by Crippen LogP contribution is 2.23. The Kier molecular flexibility index (Phi) is 1.61. The van der Waals surface area contributed by atoms with Crippen LogP contribution in [0.4, 0.5) is 0 Å². The van der Waals surface area contributed by atoms with Crippen molar-refractivity contribution in [2.24, 2.45) is 0 Å². The van der Waals surface area contributed by atoms with Crippen molar-refractivity contribution < 1.29 is 0 Å². The third-order valence-corrected chi connectivity index (χ3v) is 2.34. The van der Waals surface area contributed by atoms with Gasteiger partial charge in [-0.15, -0.1) is 0 Å². The zero-order chi connectivity index (χ0) is 8.55. The second-order valence-electron chi connectivity index (χ2n) is 3.13. The Morgan fingerprint density at radius 1 is 1.58 bits per heavy atom. The Balaban J connectivity index is 2.49. The van der Waals surface area contributed by atoms with Gasteiger partial charge >= 0.3 is 0 Å². The zero-order valence-electron chi connectivity index (χ0n) is 7.25. The van der Waals surface area contributed by atoms with E-state index in [0.717, 1.165) is 24.4 Å². The fourth-order valence-corrected chi connectivity index (χ4v) is 1.50. The highest BCUT2D eigenvalue weighted by molar-refractivity contribution is 5.62. The van der Waals surface area contributed by atoms with E-state index >= 15 is 0 Å². The molecule has 0 saturated heterocycles. The van der Waals surface area contributed by atoms with E-state index in [2.05, 4.69) is 29.6 Å². The van der Waals surface area contributed by atoms with E-state index in [9.17, 15) is 0 Å². The molecule has 1 aromatic heterocycles. The second-order valence-corrected chi connectivity index (χ2v) is 3.13. The third-order valence-electron chi connectivity index (χ3n) is 2.34. The highest BCUT2D eigenvalue weighted by atomic mass is 15.1. The molecule has 0 N–H and O–H groups in total. The third kappa shape index (κ3) is 0.998. The number of hydrogen-bond donors (Lipinski definition) is 0. The molecule has 0 radical (unpaired) electrons. The molecule has 2 rings (SSSR count). The summed E-state index contributed by atoms with van der Waals surface area (Å²) in [5.74, 6) is 0. The molecule has 1 aliphatic heterocycles. The van der Waals surface area contributed by atoms with Gasteiger partial charge < -0.3 is 4.90 Å². The van der Waals surface area contributed by atoms with Gasteiger partial charge in [-0.3, -0.25) is 4.98 Å². The van der Waals surface area contributed by atoms with E-state index in [1.165, 1.54) is 5.56 Å². The minimum atomic E-state index is 1.04. The predicted octanol–water partition coefficient (Wildman–Crippen LogP) is 1.54. The van der Waals surface area contributed by atoms with Crippen LogP contribution in [-0.2, 0) is 6.42 Å². The summed E-state index contributed by atoms with van der Waals surface area (Å²) < 4.78 is 0. The lowest BCUT2D eigenvalue weighted by Gasteiger charge is -2.27. The number of nitrogens with zero attached hydrogens (tertiary/aromatic N) is 2. The lowest BCUT2D eigenvalue weighted by molar-refractivity contribution is 0.466. The van der Waals surface area contributed by atoms with Gasteiger partial charge in [-0.25, -0.2) is 0 Å². The van der Waals surface area contributed by atoms with Crippen molar-refractivity contribution in [1.29, 1.82) is 0 Å². The molecule has 0 atom stereocenters. The molecule has 0 fully saturated rings. The first-order chi connectivity index (χ1) is 5.79. The topological polar surface area (TPSA) is 16.1 Å². The van der Waals surface area contributed by atoms with Crippen LogP contribution in [-0.4, -0.2) is 23.5 Å². The van der Waals surface area contributed by atoms with Crippen molar-refractivity contribution in [2.45, 2.75) is 6.42 Å². The average Bonchev–Trinajstić information content (AvgIpc) is 2.12. The summed E-state index contributed by atoms with van der Waals surface area (Å²) in [5.41, 5.74) is 3.42. The molecule has 0 aliphatic carbocycles. The van der Waals surface area contributed by atoms with Gasteiger partial charge in [0.15, 0.2) is 0 Å². The van der Waals surface area contributed by atoms with E-state index in [-0.39, 0.29) is 0 Å². The van der Waals surface area contributed by atoms with Gasteiger partial charge in [-0.2, -0.15) is 0 Å². The Morgan fingerprint density at radius 2 is 2.42 bits per heavy atom. The van der Waals surface area contributed by atoms with Crippen LogP contribution in [0.5, 0.6) is 0 Å². The molecule has 0 spiro atoms. The summed E-state index contributed by atoms with van der Waals surface area (Å²) in [7, 11) is 2.06. The quantitative estimate of drug-likeness (QED) is 0.572. The van der Waals surface area contributed by atoms with E-state index in [0.29, 0.717) is 0 Å². The van der Waals surface area contributed by atoms with Crippen molar-refractivity contribution in [3.05, 3.63) is 36.2 Å². The normalized spacial score (nSPS) is 16.1. The standard InChI is InChI=1S/C10H12N2/c1-8-10-9(4-3-6-11-10)5-7-12(8)2/h3-4,6H,1,5,7H2,2H3. The molecule has 0 unspecified atom stereocenters. The molecule has 2 heteroatoms. The number of fused-ring (bicyclic) bond motifs is 1. The molecular formula is C10H12N2. The van der Waals surface area contributed by atoms with Crippen LogP contribution in [0, 0.1) is 0 Å². The van der Waals surface area contributed by atoms with Crippen molar-refractivity contribution in [3.63, 3.8) is 0 Å².